The Bertz CT molecular complexity index is 541. The average Bonchev–Trinajstić information content (AvgIpc) is 2.78. The molecule has 0 saturated carbocycles. The van der Waals surface area contributed by atoms with Gasteiger partial charge in [-0.25, -0.2) is 4.98 Å². The van der Waals surface area contributed by atoms with E-state index in [-0.39, 0.29) is 5.60 Å². The SMILES string of the molecule is CC1(C)CC(Nc2nc3c(s2)CCCC3C(=O)O)CCO1. The fourth-order valence-electron chi connectivity index (χ4n) is 3.25. The minimum absolute atomic E-state index is 0.101. The summed E-state index contributed by atoms with van der Waals surface area (Å²) >= 11 is 1.62. The zero-order chi connectivity index (χ0) is 15.0. The summed E-state index contributed by atoms with van der Waals surface area (Å²) in [5.74, 6) is -1.17. The Kier molecular flexibility index (Phi) is 3.92. The number of hydrogen-bond acceptors (Lipinski definition) is 5. The van der Waals surface area contributed by atoms with Crippen LogP contribution >= 0.6 is 11.3 Å². The topological polar surface area (TPSA) is 71.5 Å². The summed E-state index contributed by atoms with van der Waals surface area (Å²) in [6.07, 6.45) is 4.51. The van der Waals surface area contributed by atoms with E-state index in [1.54, 1.807) is 11.3 Å². The van der Waals surface area contributed by atoms with Crippen LogP contribution in [0.25, 0.3) is 0 Å². The standard InChI is InChI=1S/C15H22N2O3S/c1-15(2)8-9(6-7-20-15)16-14-17-12-10(13(18)19)4-3-5-11(12)21-14/h9-10H,3-8H2,1-2H3,(H,16,17)(H,18,19). The first kappa shape index (κ1) is 14.8. The molecule has 21 heavy (non-hydrogen) atoms. The first-order valence-electron chi connectivity index (χ1n) is 7.57. The summed E-state index contributed by atoms with van der Waals surface area (Å²) in [7, 11) is 0. The van der Waals surface area contributed by atoms with E-state index in [1.807, 2.05) is 0 Å². The number of ether oxygens (including phenoxy) is 1. The van der Waals surface area contributed by atoms with E-state index in [2.05, 4.69) is 24.1 Å². The van der Waals surface area contributed by atoms with E-state index in [4.69, 9.17) is 4.74 Å². The van der Waals surface area contributed by atoms with Gasteiger partial charge in [-0.1, -0.05) is 0 Å². The number of hydrogen-bond donors (Lipinski definition) is 2. The van der Waals surface area contributed by atoms with Crippen LogP contribution in [0.15, 0.2) is 0 Å². The molecule has 1 aromatic heterocycles. The third-order valence-electron chi connectivity index (χ3n) is 4.28. The summed E-state index contributed by atoms with van der Waals surface area (Å²) < 4.78 is 5.73. The number of fused-ring (bicyclic) bond motifs is 1. The van der Waals surface area contributed by atoms with E-state index < -0.39 is 11.9 Å². The van der Waals surface area contributed by atoms with Gasteiger partial charge in [0.2, 0.25) is 0 Å². The third kappa shape index (κ3) is 3.21. The van der Waals surface area contributed by atoms with Crippen molar-refractivity contribution in [3.05, 3.63) is 10.6 Å². The molecule has 2 aliphatic rings. The van der Waals surface area contributed by atoms with Crippen molar-refractivity contribution in [1.82, 2.24) is 4.98 Å². The molecule has 6 heteroatoms. The van der Waals surface area contributed by atoms with Crippen LogP contribution < -0.4 is 5.32 Å². The smallest absolute Gasteiger partial charge is 0.312 e. The van der Waals surface area contributed by atoms with Crippen LogP contribution in [-0.4, -0.2) is 34.3 Å². The largest absolute Gasteiger partial charge is 0.481 e. The molecule has 2 heterocycles. The number of aliphatic carboxylic acids is 1. The summed E-state index contributed by atoms with van der Waals surface area (Å²) in [5, 5.41) is 13.7. The lowest BCUT2D eigenvalue weighted by atomic mass is 9.91. The highest BCUT2D eigenvalue weighted by molar-refractivity contribution is 7.15. The Morgan fingerprint density at radius 2 is 2.29 bits per heavy atom. The van der Waals surface area contributed by atoms with Crippen LogP contribution in [0.3, 0.4) is 0 Å². The van der Waals surface area contributed by atoms with Gasteiger partial charge in [0.05, 0.1) is 11.3 Å². The number of nitrogens with one attached hydrogen (secondary N) is 1. The van der Waals surface area contributed by atoms with Crippen LogP contribution in [0.4, 0.5) is 5.13 Å². The van der Waals surface area contributed by atoms with Crippen molar-refractivity contribution < 1.29 is 14.6 Å². The van der Waals surface area contributed by atoms with Gasteiger partial charge in [-0.05, 0) is 46.0 Å². The molecule has 0 amide bonds. The molecule has 3 rings (SSSR count). The van der Waals surface area contributed by atoms with Crippen molar-refractivity contribution in [2.24, 2.45) is 0 Å². The molecule has 116 valence electrons. The number of carboxylic acid groups (broad SMARTS) is 1. The number of aromatic nitrogens is 1. The number of anilines is 1. The molecule has 1 saturated heterocycles. The van der Waals surface area contributed by atoms with Crippen molar-refractivity contribution in [3.63, 3.8) is 0 Å². The molecule has 1 fully saturated rings. The van der Waals surface area contributed by atoms with Gasteiger partial charge in [-0.2, -0.15) is 0 Å². The average molecular weight is 310 g/mol. The van der Waals surface area contributed by atoms with E-state index in [9.17, 15) is 9.90 Å². The van der Waals surface area contributed by atoms with Crippen molar-refractivity contribution in [2.45, 2.75) is 63.5 Å². The van der Waals surface area contributed by atoms with Gasteiger partial charge >= 0.3 is 5.97 Å². The van der Waals surface area contributed by atoms with Crippen LogP contribution in [-0.2, 0) is 16.0 Å². The first-order valence-corrected chi connectivity index (χ1v) is 8.39. The summed E-state index contributed by atoms with van der Waals surface area (Å²) in [6.45, 7) is 4.97. The van der Waals surface area contributed by atoms with E-state index in [0.717, 1.165) is 48.0 Å². The second-order valence-electron chi connectivity index (χ2n) is 6.55. The normalized spacial score (nSPS) is 27.9. The van der Waals surface area contributed by atoms with Gasteiger partial charge in [0.15, 0.2) is 5.13 Å². The van der Waals surface area contributed by atoms with Gasteiger partial charge in [-0.15, -0.1) is 11.3 Å². The van der Waals surface area contributed by atoms with Crippen LogP contribution in [0.5, 0.6) is 0 Å². The Hall–Kier alpha value is -1.14. The van der Waals surface area contributed by atoms with Gasteiger partial charge in [0.25, 0.3) is 0 Å². The van der Waals surface area contributed by atoms with Crippen molar-refractivity contribution in [1.29, 1.82) is 0 Å². The van der Waals surface area contributed by atoms with Crippen molar-refractivity contribution in [2.75, 3.05) is 11.9 Å². The van der Waals surface area contributed by atoms with Crippen LogP contribution in [0, 0.1) is 0 Å². The molecule has 1 aliphatic carbocycles. The van der Waals surface area contributed by atoms with Gasteiger partial charge in [0.1, 0.15) is 5.92 Å². The first-order chi connectivity index (χ1) is 9.94. The molecular weight excluding hydrogens is 288 g/mol. The fourth-order valence-corrected chi connectivity index (χ4v) is 4.39. The van der Waals surface area contributed by atoms with E-state index in [0.29, 0.717) is 12.5 Å². The maximum atomic E-state index is 11.3. The number of nitrogens with zero attached hydrogens (tertiary/aromatic N) is 1. The van der Waals surface area contributed by atoms with Gasteiger partial charge < -0.3 is 15.2 Å². The van der Waals surface area contributed by atoms with Crippen LogP contribution in [0.1, 0.15) is 56.0 Å². The summed E-state index contributed by atoms with van der Waals surface area (Å²) in [6, 6.07) is 0.352. The number of aryl methyl sites for hydroxylation is 1. The highest BCUT2D eigenvalue weighted by Gasteiger charge is 2.32. The zero-order valence-electron chi connectivity index (χ0n) is 12.5. The Morgan fingerprint density at radius 3 is 3.00 bits per heavy atom. The summed E-state index contributed by atoms with van der Waals surface area (Å²) in [5.41, 5.74) is 0.684. The lowest BCUT2D eigenvalue weighted by Crippen LogP contribution is -2.40. The quantitative estimate of drug-likeness (QED) is 0.898. The molecule has 0 spiro atoms. The molecule has 0 aromatic carbocycles. The lowest BCUT2D eigenvalue weighted by molar-refractivity contribution is -0.139. The molecule has 2 atom stereocenters. The van der Waals surface area contributed by atoms with E-state index in [1.165, 1.54) is 0 Å². The Balaban J connectivity index is 1.74. The number of carboxylic acids is 1. The molecule has 2 N–H and O–H groups in total. The predicted octanol–water partition coefficient (Wildman–Crippen LogP) is 3.02. The molecule has 5 nitrogen and oxygen atoms in total. The predicted molar refractivity (Wildman–Crippen MR) is 82.1 cm³/mol. The number of carbonyl (C=O) groups is 1. The van der Waals surface area contributed by atoms with Gasteiger partial charge in [0, 0.05) is 17.5 Å². The molecular formula is C15H22N2O3S. The number of rotatable bonds is 3. The molecule has 1 aromatic rings. The Labute approximate surface area is 128 Å². The maximum absolute atomic E-state index is 11.3. The molecule has 2 unspecified atom stereocenters. The molecule has 0 bridgehead atoms. The minimum Gasteiger partial charge on any atom is -0.481 e. The van der Waals surface area contributed by atoms with Gasteiger partial charge in [-0.3, -0.25) is 4.79 Å². The lowest BCUT2D eigenvalue weighted by Gasteiger charge is -2.35. The minimum atomic E-state index is -0.750. The second kappa shape index (κ2) is 5.57. The third-order valence-corrected chi connectivity index (χ3v) is 5.34. The molecule has 1 aliphatic heterocycles. The van der Waals surface area contributed by atoms with Crippen molar-refractivity contribution >= 4 is 22.4 Å². The highest BCUT2D eigenvalue weighted by atomic mass is 32.1. The van der Waals surface area contributed by atoms with Crippen molar-refractivity contribution in [3.8, 4) is 0 Å². The second-order valence-corrected chi connectivity index (χ2v) is 7.64. The molecule has 0 radical (unpaired) electrons. The monoisotopic (exact) mass is 310 g/mol. The van der Waals surface area contributed by atoms with Crippen LogP contribution in [0.2, 0.25) is 0 Å². The highest BCUT2D eigenvalue weighted by Crippen LogP contribution is 2.37. The zero-order valence-corrected chi connectivity index (χ0v) is 13.3. The maximum Gasteiger partial charge on any atom is 0.312 e. The van der Waals surface area contributed by atoms with E-state index >= 15 is 0 Å². The number of thiazole rings is 1. The summed E-state index contributed by atoms with van der Waals surface area (Å²) in [4.78, 5) is 17.1. The fraction of sp³-hybridized carbons (Fsp3) is 0.733. The Morgan fingerprint density at radius 1 is 1.48 bits per heavy atom.